The van der Waals surface area contributed by atoms with Gasteiger partial charge in [0.1, 0.15) is 0 Å². The van der Waals surface area contributed by atoms with Gasteiger partial charge in [-0.15, -0.1) is 5.06 Å². The van der Waals surface area contributed by atoms with Gasteiger partial charge in [0.25, 0.3) is 11.8 Å². The second kappa shape index (κ2) is 3.23. The van der Waals surface area contributed by atoms with Gasteiger partial charge in [-0.3, -0.25) is 14.4 Å². The first-order chi connectivity index (χ1) is 7.25. The van der Waals surface area contributed by atoms with E-state index in [9.17, 15) is 9.59 Å². The molecule has 4 nitrogen and oxygen atoms in total. The topological polar surface area (TPSA) is 46.6 Å². The van der Waals surface area contributed by atoms with Crippen LogP contribution in [-0.2, 0) is 4.84 Å². The van der Waals surface area contributed by atoms with Crippen LogP contribution < -0.4 is 0 Å². The summed E-state index contributed by atoms with van der Waals surface area (Å²) in [7, 11) is 0. The van der Waals surface area contributed by atoms with Crippen molar-refractivity contribution in [2.75, 3.05) is 6.61 Å². The number of carbonyl (C=O) groups excluding carboxylic acids is 2. The molecular formula is C10H9NO3. The summed E-state index contributed by atoms with van der Waals surface area (Å²) in [5, 5.41) is 0.721. The molecule has 0 unspecified atom stereocenters. The lowest BCUT2D eigenvalue weighted by Crippen LogP contribution is -2.29. The van der Waals surface area contributed by atoms with Crippen LogP contribution in [0.2, 0.25) is 0 Å². The first kappa shape index (κ1) is 7.70. The molecule has 0 fully saturated rings. The van der Waals surface area contributed by atoms with E-state index in [1.54, 1.807) is 24.3 Å². The number of fused-ring (bicyclic) bond motifs is 1. The first-order valence-corrected chi connectivity index (χ1v) is 4.15. The number of amides is 2. The van der Waals surface area contributed by atoms with Crippen molar-refractivity contribution in [3.8, 4) is 0 Å². The van der Waals surface area contributed by atoms with Gasteiger partial charge in [0.05, 0.1) is 17.7 Å². The summed E-state index contributed by atoms with van der Waals surface area (Å²) >= 11 is 0. The zero-order valence-electron chi connectivity index (χ0n) is 8.40. The maximum Gasteiger partial charge on any atom is 0.285 e. The van der Waals surface area contributed by atoms with Crippen molar-refractivity contribution in [1.29, 1.82) is 0 Å². The van der Waals surface area contributed by atoms with Crippen LogP contribution in [0.5, 0.6) is 0 Å². The van der Waals surface area contributed by atoms with E-state index in [1.807, 2.05) is 0 Å². The lowest BCUT2D eigenvalue weighted by Gasteiger charge is -2.10. The predicted molar refractivity (Wildman–Crippen MR) is 48.6 cm³/mol. The summed E-state index contributed by atoms with van der Waals surface area (Å²) in [5.74, 6) is -0.909. The summed E-state index contributed by atoms with van der Waals surface area (Å²) in [6.07, 6.45) is 0. The van der Waals surface area contributed by atoms with Crippen molar-refractivity contribution in [1.82, 2.24) is 5.06 Å². The largest absolute Gasteiger partial charge is 0.285 e. The molecule has 0 spiro atoms. The highest BCUT2D eigenvalue weighted by molar-refractivity contribution is 6.20. The van der Waals surface area contributed by atoms with E-state index < -0.39 is 11.8 Å². The molecule has 0 saturated heterocycles. The first-order valence-electron chi connectivity index (χ1n) is 4.86. The van der Waals surface area contributed by atoms with Crippen molar-refractivity contribution in [2.45, 2.75) is 6.90 Å². The van der Waals surface area contributed by atoms with E-state index in [0.717, 1.165) is 5.06 Å². The second-order valence-electron chi connectivity index (χ2n) is 2.78. The Morgan fingerprint density at radius 1 is 1.29 bits per heavy atom. The van der Waals surface area contributed by atoms with Gasteiger partial charge in [0.2, 0.25) is 0 Å². The average Bonchev–Trinajstić information content (AvgIpc) is 2.51. The van der Waals surface area contributed by atoms with E-state index in [0.29, 0.717) is 11.1 Å². The van der Waals surface area contributed by atoms with E-state index in [-0.39, 0.29) is 13.5 Å². The highest BCUT2D eigenvalue weighted by Gasteiger charge is 2.35. The maximum atomic E-state index is 11.6. The summed E-state index contributed by atoms with van der Waals surface area (Å²) in [4.78, 5) is 28.2. The predicted octanol–water partition coefficient (Wildman–Crippen LogP) is 1.23. The van der Waals surface area contributed by atoms with Gasteiger partial charge < -0.3 is 0 Å². The van der Waals surface area contributed by atoms with Crippen LogP contribution in [0.3, 0.4) is 0 Å². The standard InChI is InChI=1S/C10H9NO3/c1-2-14-11-9(12)7-5-3-4-6-8(7)10(11)13/h3-6H,2H2,1H3/i1T. The zero-order chi connectivity index (χ0) is 10.8. The van der Waals surface area contributed by atoms with Gasteiger partial charge in [-0.05, 0) is 19.0 Å². The molecule has 4 heteroatoms. The van der Waals surface area contributed by atoms with E-state index in [4.69, 9.17) is 6.21 Å². The van der Waals surface area contributed by atoms with Gasteiger partial charge >= 0.3 is 0 Å². The third-order valence-corrected chi connectivity index (χ3v) is 1.98. The average molecular weight is 193 g/mol. The zero-order valence-corrected chi connectivity index (χ0v) is 7.40. The molecule has 0 aromatic heterocycles. The number of carbonyl (C=O) groups is 2. The number of rotatable bonds is 2. The summed E-state index contributed by atoms with van der Waals surface area (Å²) in [5.41, 5.74) is 0.708. The van der Waals surface area contributed by atoms with Crippen LogP contribution in [0.15, 0.2) is 24.3 Å². The van der Waals surface area contributed by atoms with Crippen molar-refractivity contribution < 1.29 is 15.8 Å². The molecule has 1 aliphatic rings. The molecule has 1 aromatic rings. The SMILES string of the molecule is [3H]CCON1C(=O)c2ccccc2C1=O. The molecule has 72 valence electrons. The smallest absolute Gasteiger partial charge is 0.266 e. The Bertz CT molecular complexity index is 384. The molecule has 2 amide bonds. The molecule has 1 heterocycles. The molecule has 0 saturated carbocycles. The summed E-state index contributed by atoms with van der Waals surface area (Å²) in [6, 6.07) is 6.55. The molecule has 0 N–H and O–H groups in total. The molecular weight excluding hydrogens is 182 g/mol. The van der Waals surface area contributed by atoms with Crippen LogP contribution in [0.25, 0.3) is 0 Å². The van der Waals surface area contributed by atoms with Gasteiger partial charge in [0, 0.05) is 1.37 Å². The van der Waals surface area contributed by atoms with Crippen molar-refractivity contribution in [3.63, 3.8) is 0 Å². The Hall–Kier alpha value is -1.68. The molecule has 2 rings (SSSR count). The van der Waals surface area contributed by atoms with Crippen LogP contribution in [-0.4, -0.2) is 23.5 Å². The van der Waals surface area contributed by atoms with Gasteiger partial charge in [-0.2, -0.15) is 0 Å². The minimum atomic E-state index is -0.455. The van der Waals surface area contributed by atoms with Crippen LogP contribution in [0, 0.1) is 0 Å². The van der Waals surface area contributed by atoms with Crippen molar-refractivity contribution >= 4 is 11.8 Å². The molecule has 1 aromatic carbocycles. The molecule has 0 atom stereocenters. The highest BCUT2D eigenvalue weighted by Crippen LogP contribution is 2.22. The van der Waals surface area contributed by atoms with Gasteiger partial charge in [-0.25, -0.2) is 0 Å². The lowest BCUT2D eigenvalue weighted by atomic mass is 10.1. The minimum absolute atomic E-state index is 0.00735. The Labute approximate surface area is 82.4 Å². The number of benzene rings is 1. The number of hydroxylamine groups is 2. The Morgan fingerprint density at radius 2 is 1.86 bits per heavy atom. The van der Waals surface area contributed by atoms with E-state index in [1.165, 1.54) is 0 Å². The fraction of sp³-hybridized carbons (Fsp3) is 0.200. The Kier molecular flexibility index (Phi) is 1.78. The maximum absolute atomic E-state index is 11.6. The third kappa shape index (κ3) is 1.12. The number of hydrogen-bond acceptors (Lipinski definition) is 3. The number of hydrogen-bond donors (Lipinski definition) is 0. The van der Waals surface area contributed by atoms with Gasteiger partial charge in [-0.1, -0.05) is 12.1 Å². The summed E-state index contributed by atoms with van der Waals surface area (Å²) in [6.45, 7) is 0.0405. The second-order valence-corrected chi connectivity index (χ2v) is 2.78. The molecule has 0 radical (unpaired) electrons. The molecule has 0 aliphatic carbocycles. The Balaban J connectivity index is 2.29. The molecule has 1 aliphatic heterocycles. The van der Waals surface area contributed by atoms with E-state index in [2.05, 4.69) is 0 Å². The number of nitrogens with zero attached hydrogens (tertiary/aromatic N) is 1. The lowest BCUT2D eigenvalue weighted by molar-refractivity contribution is -0.0863. The van der Waals surface area contributed by atoms with Crippen molar-refractivity contribution in [2.24, 2.45) is 0 Å². The minimum Gasteiger partial charge on any atom is -0.266 e. The third-order valence-electron chi connectivity index (χ3n) is 1.98. The molecule has 0 bridgehead atoms. The van der Waals surface area contributed by atoms with Crippen LogP contribution >= 0.6 is 0 Å². The molecule has 14 heavy (non-hydrogen) atoms. The van der Waals surface area contributed by atoms with Crippen LogP contribution in [0.4, 0.5) is 0 Å². The normalized spacial score (nSPS) is 15.7. The highest BCUT2D eigenvalue weighted by atomic mass is 16.7. The van der Waals surface area contributed by atoms with Crippen LogP contribution in [0.1, 0.15) is 29.0 Å². The summed E-state index contributed by atoms with van der Waals surface area (Å²) < 4.78 is 6.89. The number of imide groups is 1. The monoisotopic (exact) mass is 193 g/mol. The van der Waals surface area contributed by atoms with Gasteiger partial charge in [0.15, 0.2) is 0 Å². The van der Waals surface area contributed by atoms with Crippen molar-refractivity contribution in [3.05, 3.63) is 35.4 Å². The Morgan fingerprint density at radius 3 is 2.36 bits per heavy atom. The van der Waals surface area contributed by atoms with E-state index >= 15 is 0 Å². The fourth-order valence-corrected chi connectivity index (χ4v) is 1.38. The quantitative estimate of drug-likeness (QED) is 0.664. The fourth-order valence-electron chi connectivity index (χ4n) is 1.38.